The third-order valence-electron chi connectivity index (χ3n) is 3.05. The summed E-state index contributed by atoms with van der Waals surface area (Å²) < 4.78 is 18.8. The molecular weight excluding hydrogens is 271 g/mol. The summed E-state index contributed by atoms with van der Waals surface area (Å²) in [7, 11) is 3.27. The highest BCUT2D eigenvalue weighted by atomic mass is 19.1. The van der Waals surface area contributed by atoms with E-state index in [0.717, 1.165) is 5.56 Å². The standard InChI is InChI=1S/C16H17FN2O2/c1-18-10-11-5-3-4-6-15(11)19-16(20)13-8-7-12(21-2)9-14(13)17/h3-9,18H,10H2,1-2H3,(H,19,20). The van der Waals surface area contributed by atoms with Crippen molar-refractivity contribution >= 4 is 11.6 Å². The van der Waals surface area contributed by atoms with Gasteiger partial charge >= 0.3 is 0 Å². The van der Waals surface area contributed by atoms with E-state index in [4.69, 9.17) is 4.74 Å². The van der Waals surface area contributed by atoms with Gasteiger partial charge in [0.25, 0.3) is 5.91 Å². The molecule has 110 valence electrons. The summed E-state index contributed by atoms with van der Waals surface area (Å²) in [6, 6.07) is 11.5. The highest BCUT2D eigenvalue weighted by Gasteiger charge is 2.14. The van der Waals surface area contributed by atoms with Crippen LogP contribution in [0.3, 0.4) is 0 Å². The molecule has 21 heavy (non-hydrogen) atoms. The van der Waals surface area contributed by atoms with Gasteiger partial charge in [0.1, 0.15) is 11.6 Å². The first kappa shape index (κ1) is 15.0. The first-order chi connectivity index (χ1) is 10.2. The Bertz CT molecular complexity index is 644. The fourth-order valence-corrected chi connectivity index (χ4v) is 1.98. The van der Waals surface area contributed by atoms with Crippen molar-refractivity contribution in [3.63, 3.8) is 0 Å². The molecule has 0 bridgehead atoms. The van der Waals surface area contributed by atoms with E-state index in [2.05, 4.69) is 10.6 Å². The van der Waals surface area contributed by atoms with Crippen LogP contribution in [0.4, 0.5) is 10.1 Å². The minimum absolute atomic E-state index is 0.0185. The number of ether oxygens (including phenoxy) is 1. The summed E-state index contributed by atoms with van der Waals surface area (Å²) in [5.41, 5.74) is 1.57. The number of carbonyl (C=O) groups excluding carboxylic acids is 1. The van der Waals surface area contributed by atoms with Gasteiger partial charge in [0.05, 0.1) is 12.7 Å². The van der Waals surface area contributed by atoms with E-state index in [0.29, 0.717) is 18.0 Å². The van der Waals surface area contributed by atoms with Gasteiger partial charge in [0, 0.05) is 18.3 Å². The molecule has 2 aromatic carbocycles. The van der Waals surface area contributed by atoms with Crippen molar-refractivity contribution in [1.29, 1.82) is 0 Å². The van der Waals surface area contributed by atoms with Crippen molar-refractivity contribution in [2.75, 3.05) is 19.5 Å². The molecule has 0 radical (unpaired) electrons. The van der Waals surface area contributed by atoms with E-state index in [1.165, 1.54) is 19.2 Å². The summed E-state index contributed by atoms with van der Waals surface area (Å²) >= 11 is 0. The number of para-hydroxylation sites is 1. The molecule has 0 aliphatic rings. The average Bonchev–Trinajstić information content (AvgIpc) is 2.49. The number of hydrogen-bond donors (Lipinski definition) is 2. The van der Waals surface area contributed by atoms with Crippen LogP contribution in [0.25, 0.3) is 0 Å². The van der Waals surface area contributed by atoms with Gasteiger partial charge in [-0.2, -0.15) is 0 Å². The number of nitrogens with one attached hydrogen (secondary N) is 2. The molecule has 0 unspecified atom stereocenters. The molecule has 2 aromatic rings. The molecule has 1 amide bonds. The van der Waals surface area contributed by atoms with Gasteiger partial charge in [-0.15, -0.1) is 0 Å². The third kappa shape index (κ3) is 3.58. The van der Waals surface area contributed by atoms with Crippen LogP contribution < -0.4 is 15.4 Å². The smallest absolute Gasteiger partial charge is 0.258 e. The van der Waals surface area contributed by atoms with Crippen molar-refractivity contribution in [1.82, 2.24) is 5.32 Å². The van der Waals surface area contributed by atoms with E-state index in [9.17, 15) is 9.18 Å². The van der Waals surface area contributed by atoms with Gasteiger partial charge in [0.15, 0.2) is 0 Å². The lowest BCUT2D eigenvalue weighted by Crippen LogP contribution is -2.16. The predicted octanol–water partition coefficient (Wildman–Crippen LogP) is 2.81. The number of anilines is 1. The van der Waals surface area contributed by atoms with Crippen molar-refractivity contribution in [3.05, 3.63) is 59.4 Å². The highest BCUT2D eigenvalue weighted by Crippen LogP contribution is 2.19. The number of benzene rings is 2. The zero-order valence-corrected chi connectivity index (χ0v) is 11.9. The Balaban J connectivity index is 2.22. The summed E-state index contributed by atoms with van der Waals surface area (Å²) in [5.74, 6) is -0.726. The number of methoxy groups -OCH3 is 1. The van der Waals surface area contributed by atoms with Gasteiger partial charge in [0.2, 0.25) is 0 Å². The molecule has 0 saturated heterocycles. The fraction of sp³-hybridized carbons (Fsp3) is 0.188. The number of rotatable bonds is 5. The third-order valence-corrected chi connectivity index (χ3v) is 3.05. The van der Waals surface area contributed by atoms with E-state index < -0.39 is 11.7 Å². The molecule has 4 nitrogen and oxygen atoms in total. The maximum Gasteiger partial charge on any atom is 0.258 e. The Labute approximate surface area is 122 Å². The highest BCUT2D eigenvalue weighted by molar-refractivity contribution is 6.04. The second-order valence-electron chi connectivity index (χ2n) is 4.49. The summed E-state index contributed by atoms with van der Waals surface area (Å²) in [6.07, 6.45) is 0. The molecule has 5 heteroatoms. The summed E-state index contributed by atoms with van der Waals surface area (Å²) in [5, 5.41) is 5.75. The van der Waals surface area contributed by atoms with Crippen LogP contribution in [0, 0.1) is 5.82 Å². The Morgan fingerprint density at radius 2 is 2.00 bits per heavy atom. The SMILES string of the molecule is CNCc1ccccc1NC(=O)c1ccc(OC)cc1F. The monoisotopic (exact) mass is 288 g/mol. The van der Waals surface area contributed by atoms with Gasteiger partial charge in [-0.1, -0.05) is 18.2 Å². The second kappa shape index (κ2) is 6.85. The molecule has 0 aliphatic carbocycles. The Hall–Kier alpha value is -2.40. The van der Waals surface area contributed by atoms with Gasteiger partial charge in [-0.3, -0.25) is 4.79 Å². The van der Waals surface area contributed by atoms with Crippen molar-refractivity contribution < 1.29 is 13.9 Å². The van der Waals surface area contributed by atoms with E-state index in [-0.39, 0.29) is 5.56 Å². The molecule has 0 saturated carbocycles. The van der Waals surface area contributed by atoms with Crippen molar-refractivity contribution in [3.8, 4) is 5.75 Å². The van der Waals surface area contributed by atoms with Crippen LogP contribution in [0.2, 0.25) is 0 Å². The first-order valence-corrected chi connectivity index (χ1v) is 6.53. The van der Waals surface area contributed by atoms with Crippen molar-refractivity contribution in [2.24, 2.45) is 0 Å². The molecule has 0 fully saturated rings. The molecule has 0 aliphatic heterocycles. The summed E-state index contributed by atoms with van der Waals surface area (Å²) in [6.45, 7) is 0.613. The Kier molecular flexibility index (Phi) is 4.90. The zero-order valence-electron chi connectivity index (χ0n) is 11.9. The first-order valence-electron chi connectivity index (χ1n) is 6.53. The lowest BCUT2D eigenvalue weighted by atomic mass is 10.1. The second-order valence-corrected chi connectivity index (χ2v) is 4.49. The van der Waals surface area contributed by atoms with Crippen LogP contribution in [0.1, 0.15) is 15.9 Å². The molecule has 0 spiro atoms. The average molecular weight is 288 g/mol. The van der Waals surface area contributed by atoms with Crippen LogP contribution >= 0.6 is 0 Å². The van der Waals surface area contributed by atoms with Gasteiger partial charge in [-0.25, -0.2) is 4.39 Å². The molecule has 0 heterocycles. The van der Waals surface area contributed by atoms with Crippen LogP contribution in [0.15, 0.2) is 42.5 Å². The fourth-order valence-electron chi connectivity index (χ4n) is 1.98. The lowest BCUT2D eigenvalue weighted by Gasteiger charge is -2.11. The molecule has 0 aromatic heterocycles. The minimum Gasteiger partial charge on any atom is -0.497 e. The minimum atomic E-state index is -0.613. The van der Waals surface area contributed by atoms with Gasteiger partial charge < -0.3 is 15.4 Å². The van der Waals surface area contributed by atoms with E-state index in [1.807, 2.05) is 25.2 Å². The summed E-state index contributed by atoms with van der Waals surface area (Å²) in [4.78, 5) is 12.2. The van der Waals surface area contributed by atoms with E-state index in [1.54, 1.807) is 12.1 Å². The normalized spacial score (nSPS) is 10.2. The number of halogens is 1. The topological polar surface area (TPSA) is 50.4 Å². The van der Waals surface area contributed by atoms with Crippen LogP contribution in [-0.4, -0.2) is 20.1 Å². The van der Waals surface area contributed by atoms with E-state index >= 15 is 0 Å². The maximum atomic E-state index is 13.9. The van der Waals surface area contributed by atoms with Crippen LogP contribution in [-0.2, 0) is 6.54 Å². The molecule has 2 rings (SSSR count). The predicted molar refractivity (Wildman–Crippen MR) is 80.1 cm³/mol. The van der Waals surface area contributed by atoms with Crippen molar-refractivity contribution in [2.45, 2.75) is 6.54 Å². The number of carbonyl (C=O) groups is 1. The largest absolute Gasteiger partial charge is 0.497 e. The quantitative estimate of drug-likeness (QED) is 0.889. The molecular formula is C16H17FN2O2. The number of hydrogen-bond acceptors (Lipinski definition) is 3. The Morgan fingerprint density at radius 1 is 1.24 bits per heavy atom. The lowest BCUT2D eigenvalue weighted by molar-refractivity contribution is 0.102. The number of amides is 1. The zero-order chi connectivity index (χ0) is 15.2. The van der Waals surface area contributed by atoms with Crippen LogP contribution in [0.5, 0.6) is 5.75 Å². The van der Waals surface area contributed by atoms with Gasteiger partial charge in [-0.05, 0) is 30.8 Å². The maximum absolute atomic E-state index is 13.9. The molecule has 2 N–H and O–H groups in total. The molecule has 0 atom stereocenters. The Morgan fingerprint density at radius 3 is 2.67 bits per heavy atom.